The van der Waals surface area contributed by atoms with Crippen LogP contribution >= 0.6 is 11.6 Å². The first-order valence-electron chi connectivity index (χ1n) is 4.47. The van der Waals surface area contributed by atoms with Gasteiger partial charge < -0.3 is 15.8 Å². The van der Waals surface area contributed by atoms with Crippen molar-refractivity contribution in [3.63, 3.8) is 0 Å². The zero-order chi connectivity index (χ0) is 12.0. The van der Waals surface area contributed by atoms with E-state index in [-0.39, 0.29) is 17.4 Å². The van der Waals surface area contributed by atoms with Gasteiger partial charge in [0.15, 0.2) is 5.82 Å². The highest BCUT2D eigenvalue weighted by atomic mass is 35.5. The number of nitrogens with two attached hydrogens (primary N) is 1. The molecule has 0 aromatic carbocycles. The highest BCUT2D eigenvalue weighted by molar-refractivity contribution is 6.35. The lowest BCUT2D eigenvalue weighted by atomic mass is 10.5. The lowest BCUT2D eigenvalue weighted by Gasteiger charge is -2.08. The minimum atomic E-state index is -2.46. The molecule has 0 radical (unpaired) electrons. The third-order valence-electron chi connectivity index (χ3n) is 1.60. The van der Waals surface area contributed by atoms with Crippen molar-refractivity contribution in [1.29, 1.82) is 0 Å². The molecule has 1 rings (SSSR count). The summed E-state index contributed by atoms with van der Waals surface area (Å²) in [6.45, 7) is -0.144. The molecule has 0 bridgehead atoms. The van der Waals surface area contributed by atoms with Crippen LogP contribution in [0.5, 0.6) is 0 Å². The highest BCUT2D eigenvalue weighted by Gasteiger charge is 2.05. The molecule has 5 nitrogen and oxygen atoms in total. The number of aromatic nitrogens is 2. The van der Waals surface area contributed by atoms with Crippen LogP contribution in [0.4, 0.5) is 20.4 Å². The quantitative estimate of drug-likeness (QED) is 0.749. The third kappa shape index (κ3) is 4.11. The largest absolute Gasteiger partial charge is 0.382 e. The van der Waals surface area contributed by atoms with Crippen LogP contribution in [0.25, 0.3) is 0 Å². The minimum absolute atomic E-state index is 0.130. The van der Waals surface area contributed by atoms with E-state index in [1.54, 1.807) is 0 Å². The summed E-state index contributed by atoms with van der Waals surface area (Å²) in [5, 5.41) is 3.00. The molecule has 0 amide bonds. The monoisotopic (exact) mass is 252 g/mol. The summed E-state index contributed by atoms with van der Waals surface area (Å²) in [7, 11) is 0. The first kappa shape index (κ1) is 12.9. The Morgan fingerprint density at radius 3 is 2.94 bits per heavy atom. The summed E-state index contributed by atoms with van der Waals surface area (Å²) in [6, 6.07) is 0. The molecule has 16 heavy (non-hydrogen) atoms. The molecule has 1 heterocycles. The first-order chi connectivity index (χ1) is 7.61. The van der Waals surface area contributed by atoms with Crippen molar-refractivity contribution < 1.29 is 13.5 Å². The maximum Gasteiger partial charge on any atom is 0.261 e. The van der Waals surface area contributed by atoms with Gasteiger partial charge in [0.05, 0.1) is 6.61 Å². The van der Waals surface area contributed by atoms with Gasteiger partial charge in [0.2, 0.25) is 0 Å². The van der Waals surface area contributed by atoms with Gasteiger partial charge in [-0.3, -0.25) is 0 Å². The van der Waals surface area contributed by atoms with Crippen molar-refractivity contribution in [3.8, 4) is 0 Å². The van der Waals surface area contributed by atoms with E-state index < -0.39 is 13.0 Å². The topological polar surface area (TPSA) is 73.1 Å². The fraction of sp³-hybridized carbons (Fsp3) is 0.500. The third-order valence-corrected chi connectivity index (χ3v) is 1.97. The second-order valence-corrected chi connectivity index (χ2v) is 3.19. The Bertz CT molecular complexity index is 340. The zero-order valence-electron chi connectivity index (χ0n) is 8.29. The SMILES string of the molecule is Nc1ncnc(NCCOCC(F)F)c1Cl. The van der Waals surface area contributed by atoms with Gasteiger partial charge in [-0.2, -0.15) is 0 Å². The molecule has 0 atom stereocenters. The van der Waals surface area contributed by atoms with Crippen molar-refractivity contribution in [2.75, 3.05) is 30.8 Å². The highest BCUT2D eigenvalue weighted by Crippen LogP contribution is 2.22. The van der Waals surface area contributed by atoms with Gasteiger partial charge in [0.25, 0.3) is 6.43 Å². The Hall–Kier alpha value is -1.21. The molecule has 3 N–H and O–H groups in total. The number of nitrogens with one attached hydrogen (secondary N) is 1. The predicted molar refractivity (Wildman–Crippen MR) is 56.8 cm³/mol. The predicted octanol–water partition coefficient (Wildman–Crippen LogP) is 1.41. The van der Waals surface area contributed by atoms with Crippen molar-refractivity contribution >= 4 is 23.2 Å². The van der Waals surface area contributed by atoms with Crippen LogP contribution in [0.1, 0.15) is 0 Å². The van der Waals surface area contributed by atoms with E-state index in [1.807, 2.05) is 0 Å². The van der Waals surface area contributed by atoms with Crippen LogP contribution in [-0.2, 0) is 4.74 Å². The molecule has 0 spiro atoms. The minimum Gasteiger partial charge on any atom is -0.382 e. The van der Waals surface area contributed by atoms with Crippen LogP contribution in [0, 0.1) is 0 Å². The summed E-state index contributed by atoms with van der Waals surface area (Å²) in [4.78, 5) is 7.51. The number of rotatable bonds is 6. The molecule has 0 aliphatic heterocycles. The Morgan fingerprint density at radius 2 is 2.25 bits per heavy atom. The maximum absolute atomic E-state index is 11.7. The molecule has 0 unspecified atom stereocenters. The average molecular weight is 253 g/mol. The van der Waals surface area contributed by atoms with Gasteiger partial charge in [-0.25, -0.2) is 18.7 Å². The molecule has 0 saturated heterocycles. The van der Waals surface area contributed by atoms with Crippen molar-refractivity contribution in [2.45, 2.75) is 6.43 Å². The normalized spacial score (nSPS) is 10.8. The number of hydrogen-bond donors (Lipinski definition) is 2. The molecular formula is C8H11ClF2N4O. The summed E-state index contributed by atoms with van der Waals surface area (Å²) >= 11 is 5.78. The molecule has 1 aromatic rings. The maximum atomic E-state index is 11.7. The molecule has 8 heteroatoms. The molecule has 0 aliphatic rings. The molecule has 0 aliphatic carbocycles. The van der Waals surface area contributed by atoms with Gasteiger partial charge in [0, 0.05) is 6.54 Å². The van der Waals surface area contributed by atoms with Crippen LogP contribution in [0.3, 0.4) is 0 Å². The van der Waals surface area contributed by atoms with Gasteiger partial charge in [-0.1, -0.05) is 11.6 Å². The standard InChI is InChI=1S/C8H11ClF2N4O/c9-6-7(12)14-4-15-8(6)13-1-2-16-3-5(10)11/h4-5H,1-3H2,(H3,12,13,14,15). The van der Waals surface area contributed by atoms with Crippen molar-refractivity contribution in [1.82, 2.24) is 9.97 Å². The van der Waals surface area contributed by atoms with Crippen molar-refractivity contribution in [2.24, 2.45) is 0 Å². The summed E-state index contributed by atoms with van der Waals surface area (Å²) < 4.78 is 28.1. The van der Waals surface area contributed by atoms with E-state index in [1.165, 1.54) is 6.33 Å². The molecule has 0 saturated carbocycles. The number of alkyl halides is 2. The fourth-order valence-electron chi connectivity index (χ4n) is 0.921. The number of nitrogens with zero attached hydrogens (tertiary/aromatic N) is 2. The zero-order valence-corrected chi connectivity index (χ0v) is 9.05. The summed E-state index contributed by atoms with van der Waals surface area (Å²) in [6.07, 6.45) is -1.21. The van der Waals surface area contributed by atoms with Crippen LogP contribution < -0.4 is 11.1 Å². The number of ether oxygens (including phenoxy) is 1. The van der Waals surface area contributed by atoms with E-state index in [2.05, 4.69) is 20.0 Å². The molecule has 0 fully saturated rings. The van der Waals surface area contributed by atoms with Crippen LogP contribution in [0.15, 0.2) is 6.33 Å². The van der Waals surface area contributed by atoms with Gasteiger partial charge >= 0.3 is 0 Å². The van der Waals surface area contributed by atoms with E-state index in [9.17, 15) is 8.78 Å². The second kappa shape index (κ2) is 6.39. The Balaban J connectivity index is 2.29. The Kier molecular flexibility index (Phi) is 5.13. The van der Waals surface area contributed by atoms with Gasteiger partial charge in [-0.05, 0) is 0 Å². The smallest absolute Gasteiger partial charge is 0.261 e. The molecule has 90 valence electrons. The lowest BCUT2D eigenvalue weighted by Crippen LogP contribution is -2.14. The Morgan fingerprint density at radius 1 is 1.50 bits per heavy atom. The van der Waals surface area contributed by atoms with E-state index >= 15 is 0 Å². The van der Waals surface area contributed by atoms with E-state index in [4.69, 9.17) is 17.3 Å². The lowest BCUT2D eigenvalue weighted by molar-refractivity contribution is 0.0215. The van der Waals surface area contributed by atoms with Crippen LogP contribution in [-0.4, -0.2) is 36.2 Å². The van der Waals surface area contributed by atoms with Crippen molar-refractivity contribution in [3.05, 3.63) is 11.3 Å². The number of nitrogen functional groups attached to an aromatic ring is 1. The van der Waals surface area contributed by atoms with Gasteiger partial charge in [-0.15, -0.1) is 0 Å². The fourth-order valence-corrected chi connectivity index (χ4v) is 1.09. The van der Waals surface area contributed by atoms with Gasteiger partial charge in [0.1, 0.15) is 23.8 Å². The second-order valence-electron chi connectivity index (χ2n) is 2.81. The number of halogens is 3. The first-order valence-corrected chi connectivity index (χ1v) is 4.84. The van der Waals surface area contributed by atoms with E-state index in [0.717, 1.165) is 0 Å². The number of anilines is 2. The molecule has 1 aromatic heterocycles. The van der Waals surface area contributed by atoms with E-state index in [0.29, 0.717) is 12.4 Å². The average Bonchev–Trinajstić information content (AvgIpc) is 2.23. The van der Waals surface area contributed by atoms with Crippen LogP contribution in [0.2, 0.25) is 5.02 Å². The Labute approximate surface area is 96.0 Å². The molecular weight excluding hydrogens is 242 g/mol. The summed E-state index contributed by atoms with van der Waals surface area (Å²) in [5.74, 6) is 0.516. The summed E-state index contributed by atoms with van der Waals surface area (Å²) in [5.41, 5.74) is 5.44. The number of hydrogen-bond acceptors (Lipinski definition) is 5.